The molecule has 24 heavy (non-hydrogen) atoms. The fraction of sp³-hybridized carbons (Fsp3) is 0.222. The average molecular weight is 337 g/mol. The van der Waals surface area contributed by atoms with Crippen molar-refractivity contribution in [1.82, 2.24) is 14.9 Å². The first kappa shape index (κ1) is 15.1. The molecular weight excluding hydrogens is 318 g/mol. The highest BCUT2D eigenvalue weighted by atomic mass is 32.1. The summed E-state index contributed by atoms with van der Waals surface area (Å²) in [6, 6.07) is 10.3. The zero-order valence-electron chi connectivity index (χ0n) is 13.6. The van der Waals surface area contributed by atoms with Gasteiger partial charge in [0, 0.05) is 41.6 Å². The van der Waals surface area contributed by atoms with Gasteiger partial charge in [-0.2, -0.15) is 0 Å². The quantitative estimate of drug-likeness (QED) is 0.772. The van der Waals surface area contributed by atoms with Crippen molar-refractivity contribution < 1.29 is 0 Å². The molecule has 5 nitrogen and oxygen atoms in total. The molecule has 2 unspecified atom stereocenters. The van der Waals surface area contributed by atoms with Crippen molar-refractivity contribution in [2.24, 2.45) is 12.0 Å². The molecule has 0 spiro atoms. The summed E-state index contributed by atoms with van der Waals surface area (Å²) in [6.45, 7) is 0. The van der Waals surface area contributed by atoms with E-state index < -0.39 is 0 Å². The van der Waals surface area contributed by atoms with Crippen LogP contribution in [0.25, 0.3) is 0 Å². The van der Waals surface area contributed by atoms with Gasteiger partial charge in [-0.1, -0.05) is 6.07 Å². The standard InChI is InChI=1S/C18H19N5S/c1-19-18-16(14-6-4-10-24-14)21-15(12-7-9-23(2)11-12)13-5-3-8-20-17(13)22-18/h3-11,16,18-19H,1-2H3,(H,20,22). The Bertz CT molecular complexity index is 865. The van der Waals surface area contributed by atoms with Crippen molar-refractivity contribution in [2.45, 2.75) is 12.2 Å². The van der Waals surface area contributed by atoms with Crippen LogP contribution in [0.4, 0.5) is 5.82 Å². The van der Waals surface area contributed by atoms with E-state index in [-0.39, 0.29) is 12.2 Å². The normalized spacial score (nSPS) is 20.0. The van der Waals surface area contributed by atoms with Gasteiger partial charge < -0.3 is 9.88 Å². The van der Waals surface area contributed by atoms with Crippen LogP contribution >= 0.6 is 11.3 Å². The van der Waals surface area contributed by atoms with E-state index >= 15 is 0 Å². The number of aryl methyl sites for hydroxylation is 1. The SMILES string of the molecule is CNC1Nc2ncccc2C(c2ccn(C)c2)=NC1c1cccs1. The number of nitrogens with zero attached hydrogens (tertiary/aromatic N) is 3. The van der Waals surface area contributed by atoms with Gasteiger partial charge in [0.15, 0.2) is 0 Å². The largest absolute Gasteiger partial charge is 0.357 e. The Balaban J connectivity index is 1.91. The number of fused-ring (bicyclic) bond motifs is 1. The zero-order chi connectivity index (χ0) is 16.5. The van der Waals surface area contributed by atoms with E-state index in [9.17, 15) is 0 Å². The molecule has 0 aliphatic carbocycles. The number of pyridine rings is 1. The third-order valence-electron chi connectivity index (χ3n) is 4.19. The number of anilines is 1. The summed E-state index contributed by atoms with van der Waals surface area (Å²) in [5.74, 6) is 0.860. The monoisotopic (exact) mass is 337 g/mol. The number of likely N-dealkylation sites (N-methyl/N-ethyl adjacent to an activating group) is 1. The van der Waals surface area contributed by atoms with Crippen molar-refractivity contribution in [1.29, 1.82) is 0 Å². The lowest BCUT2D eigenvalue weighted by molar-refractivity contribution is 0.529. The van der Waals surface area contributed by atoms with E-state index in [0.717, 1.165) is 22.7 Å². The summed E-state index contributed by atoms with van der Waals surface area (Å²) >= 11 is 1.73. The molecule has 0 fully saturated rings. The van der Waals surface area contributed by atoms with Gasteiger partial charge in [0.2, 0.25) is 0 Å². The van der Waals surface area contributed by atoms with Gasteiger partial charge in [0.05, 0.1) is 5.71 Å². The Kier molecular flexibility index (Phi) is 3.92. The second kappa shape index (κ2) is 6.22. The second-order valence-corrected chi connectivity index (χ2v) is 6.79. The summed E-state index contributed by atoms with van der Waals surface area (Å²) < 4.78 is 2.04. The molecule has 0 radical (unpaired) electrons. The Hall–Kier alpha value is -2.44. The molecule has 3 aromatic heterocycles. The molecule has 1 aliphatic rings. The van der Waals surface area contributed by atoms with Crippen LogP contribution in [0.1, 0.15) is 22.0 Å². The minimum atomic E-state index is -0.0153. The number of nitrogens with one attached hydrogen (secondary N) is 2. The number of hydrogen-bond donors (Lipinski definition) is 2. The van der Waals surface area contributed by atoms with Gasteiger partial charge >= 0.3 is 0 Å². The van der Waals surface area contributed by atoms with Crippen molar-refractivity contribution in [3.8, 4) is 0 Å². The van der Waals surface area contributed by atoms with E-state index in [1.165, 1.54) is 4.88 Å². The molecule has 6 heteroatoms. The van der Waals surface area contributed by atoms with Gasteiger partial charge in [-0.15, -0.1) is 11.3 Å². The molecule has 0 aromatic carbocycles. The second-order valence-electron chi connectivity index (χ2n) is 5.81. The number of aromatic nitrogens is 2. The van der Waals surface area contributed by atoms with Crippen LogP contribution in [0.3, 0.4) is 0 Å². The number of aliphatic imine (C=N–C) groups is 1. The van der Waals surface area contributed by atoms with E-state index in [0.29, 0.717) is 0 Å². The Morgan fingerprint density at radius 1 is 1.25 bits per heavy atom. The molecule has 0 bridgehead atoms. The average Bonchev–Trinajstić information content (AvgIpc) is 3.24. The predicted octanol–water partition coefficient (Wildman–Crippen LogP) is 3.03. The minimum Gasteiger partial charge on any atom is -0.357 e. The van der Waals surface area contributed by atoms with E-state index in [1.807, 2.05) is 37.1 Å². The molecule has 3 aromatic rings. The smallest absolute Gasteiger partial charge is 0.136 e. The number of thiophene rings is 1. The van der Waals surface area contributed by atoms with Crippen LogP contribution in [0.2, 0.25) is 0 Å². The molecule has 0 amide bonds. The zero-order valence-corrected chi connectivity index (χ0v) is 14.4. The summed E-state index contributed by atoms with van der Waals surface area (Å²) in [6.07, 6.45) is 5.94. The van der Waals surface area contributed by atoms with Crippen LogP contribution in [-0.4, -0.2) is 28.5 Å². The number of hydrogen-bond acceptors (Lipinski definition) is 5. The first-order chi connectivity index (χ1) is 11.8. The highest BCUT2D eigenvalue weighted by Gasteiger charge is 2.29. The molecule has 4 heterocycles. The lowest BCUT2D eigenvalue weighted by atomic mass is 10.1. The topological polar surface area (TPSA) is 54.2 Å². The van der Waals surface area contributed by atoms with Crippen molar-refractivity contribution in [2.75, 3.05) is 12.4 Å². The highest BCUT2D eigenvalue weighted by Crippen LogP contribution is 2.32. The van der Waals surface area contributed by atoms with Gasteiger partial charge in [-0.25, -0.2) is 4.98 Å². The summed E-state index contributed by atoms with van der Waals surface area (Å²) in [5, 5.41) is 8.95. The molecule has 122 valence electrons. The van der Waals surface area contributed by atoms with E-state index in [1.54, 1.807) is 11.3 Å². The summed E-state index contributed by atoms with van der Waals surface area (Å²) in [5.41, 5.74) is 3.11. The lowest BCUT2D eigenvalue weighted by Gasteiger charge is -2.23. The van der Waals surface area contributed by atoms with Crippen LogP contribution < -0.4 is 10.6 Å². The first-order valence-electron chi connectivity index (χ1n) is 7.89. The fourth-order valence-corrected chi connectivity index (χ4v) is 3.81. The predicted molar refractivity (Wildman–Crippen MR) is 98.8 cm³/mol. The Morgan fingerprint density at radius 3 is 2.88 bits per heavy atom. The molecule has 1 aliphatic heterocycles. The molecule has 2 N–H and O–H groups in total. The third kappa shape index (κ3) is 2.64. The fourth-order valence-electron chi connectivity index (χ4n) is 3.01. The van der Waals surface area contributed by atoms with E-state index in [4.69, 9.17) is 4.99 Å². The Morgan fingerprint density at radius 2 is 2.17 bits per heavy atom. The van der Waals surface area contributed by atoms with Gasteiger partial charge in [-0.3, -0.25) is 10.3 Å². The van der Waals surface area contributed by atoms with Gasteiger partial charge in [0.1, 0.15) is 18.0 Å². The molecule has 2 atom stereocenters. The first-order valence-corrected chi connectivity index (χ1v) is 8.77. The maximum Gasteiger partial charge on any atom is 0.136 e. The van der Waals surface area contributed by atoms with Crippen LogP contribution in [0.15, 0.2) is 59.3 Å². The maximum atomic E-state index is 5.14. The van der Waals surface area contributed by atoms with Crippen LogP contribution in [0.5, 0.6) is 0 Å². The van der Waals surface area contributed by atoms with Crippen molar-refractivity contribution in [3.05, 3.63) is 70.3 Å². The summed E-state index contributed by atoms with van der Waals surface area (Å²) in [7, 11) is 3.97. The lowest BCUT2D eigenvalue weighted by Crippen LogP contribution is -2.38. The minimum absolute atomic E-state index is 0.0144. The van der Waals surface area contributed by atoms with Crippen LogP contribution in [0, 0.1) is 0 Å². The Labute approximate surface area is 145 Å². The highest BCUT2D eigenvalue weighted by molar-refractivity contribution is 7.10. The van der Waals surface area contributed by atoms with Gasteiger partial charge in [-0.05, 0) is 36.7 Å². The third-order valence-corrected chi connectivity index (χ3v) is 5.13. The number of rotatable bonds is 3. The molecule has 4 rings (SSSR count). The van der Waals surface area contributed by atoms with Crippen LogP contribution in [-0.2, 0) is 7.05 Å². The van der Waals surface area contributed by atoms with Crippen molar-refractivity contribution >= 4 is 22.9 Å². The molecular formula is C18H19N5S. The summed E-state index contributed by atoms with van der Waals surface area (Å²) in [4.78, 5) is 10.9. The molecule has 0 saturated heterocycles. The maximum absolute atomic E-state index is 5.14. The van der Waals surface area contributed by atoms with E-state index in [2.05, 4.69) is 51.5 Å². The van der Waals surface area contributed by atoms with Gasteiger partial charge in [0.25, 0.3) is 0 Å². The van der Waals surface area contributed by atoms with Crippen molar-refractivity contribution in [3.63, 3.8) is 0 Å². The molecule has 0 saturated carbocycles.